The number of esters is 1. The summed E-state index contributed by atoms with van der Waals surface area (Å²) >= 11 is 0. The van der Waals surface area contributed by atoms with Crippen molar-refractivity contribution in [2.45, 2.75) is 32.3 Å². The fraction of sp³-hybridized carbons (Fsp3) is 0.500. The van der Waals surface area contributed by atoms with Crippen LogP contribution >= 0.6 is 0 Å². The molecule has 1 aromatic rings. The molecule has 0 bridgehead atoms. The molecule has 0 aliphatic rings. The maximum absolute atomic E-state index is 12.8. The number of hydrogen-bond donors (Lipinski definition) is 0. The van der Waals surface area contributed by atoms with Crippen molar-refractivity contribution in [3.8, 4) is 5.75 Å². The number of carbonyl (C=O) groups excluding carboxylic acids is 2. The summed E-state index contributed by atoms with van der Waals surface area (Å²) in [6.07, 6.45) is 0.773. The molecule has 0 aliphatic carbocycles. The Morgan fingerprint density at radius 1 is 1.18 bits per heavy atom. The van der Waals surface area contributed by atoms with Gasteiger partial charge in [0.25, 0.3) is 0 Å². The van der Waals surface area contributed by atoms with E-state index in [0.717, 1.165) is 0 Å². The summed E-state index contributed by atoms with van der Waals surface area (Å²) in [5.41, 5.74) is -1.19. The Kier molecular flexibility index (Phi) is 6.34. The highest BCUT2D eigenvalue weighted by Gasteiger charge is 2.31. The van der Waals surface area contributed by atoms with Crippen LogP contribution in [0.2, 0.25) is 0 Å². The molecule has 6 heteroatoms. The van der Waals surface area contributed by atoms with Gasteiger partial charge in [-0.3, -0.25) is 4.79 Å². The first-order valence-corrected chi connectivity index (χ1v) is 7.04. The van der Waals surface area contributed by atoms with Crippen LogP contribution in [0, 0.1) is 5.82 Å². The lowest BCUT2D eigenvalue weighted by Gasteiger charge is -2.24. The molecule has 0 radical (unpaired) electrons. The van der Waals surface area contributed by atoms with Gasteiger partial charge in [0.1, 0.15) is 11.6 Å². The zero-order chi connectivity index (χ0) is 16.8. The molecule has 1 rings (SSSR count). The number of amides is 1. The Hall–Kier alpha value is -2.11. The third-order valence-corrected chi connectivity index (χ3v) is 2.95. The molecule has 0 aliphatic heterocycles. The van der Waals surface area contributed by atoms with Crippen LogP contribution in [0.4, 0.5) is 4.39 Å². The summed E-state index contributed by atoms with van der Waals surface area (Å²) in [7, 11) is 3.35. The molecule has 0 aromatic heterocycles. The van der Waals surface area contributed by atoms with E-state index in [9.17, 15) is 14.0 Å². The lowest BCUT2D eigenvalue weighted by atomic mass is 10.1. The van der Waals surface area contributed by atoms with Gasteiger partial charge in [-0.1, -0.05) is 0 Å². The summed E-state index contributed by atoms with van der Waals surface area (Å²) < 4.78 is 23.5. The number of rotatable bonds is 7. The van der Waals surface area contributed by atoms with Gasteiger partial charge < -0.3 is 14.4 Å². The predicted molar refractivity (Wildman–Crippen MR) is 80.0 cm³/mol. The molecule has 0 fully saturated rings. The molecule has 0 spiro atoms. The van der Waals surface area contributed by atoms with E-state index in [1.807, 2.05) is 0 Å². The Morgan fingerprint density at radius 2 is 1.77 bits per heavy atom. The molecule has 0 saturated heterocycles. The van der Waals surface area contributed by atoms with Crippen LogP contribution < -0.4 is 4.74 Å². The van der Waals surface area contributed by atoms with E-state index in [-0.39, 0.29) is 18.3 Å². The molecule has 122 valence electrons. The van der Waals surface area contributed by atoms with Gasteiger partial charge >= 0.3 is 5.97 Å². The number of halogens is 1. The molecule has 0 heterocycles. The van der Waals surface area contributed by atoms with Crippen molar-refractivity contribution in [3.05, 3.63) is 30.1 Å². The Morgan fingerprint density at radius 3 is 2.32 bits per heavy atom. The summed E-state index contributed by atoms with van der Waals surface area (Å²) in [5.74, 6) is -0.545. The molecule has 22 heavy (non-hydrogen) atoms. The fourth-order valence-corrected chi connectivity index (χ4v) is 1.62. The van der Waals surface area contributed by atoms with Crippen molar-refractivity contribution < 1.29 is 23.5 Å². The van der Waals surface area contributed by atoms with Gasteiger partial charge in [0, 0.05) is 20.5 Å². The second kappa shape index (κ2) is 7.77. The lowest BCUT2D eigenvalue weighted by molar-refractivity contribution is -0.159. The standard InChI is InChI=1S/C16H22FNO4/c1-16(2,22-13-9-7-12(17)8-10-13)15(20)21-11-5-6-14(19)18(3)4/h7-10H,5-6,11H2,1-4H3. The van der Waals surface area contributed by atoms with Crippen LogP contribution in [-0.2, 0) is 14.3 Å². The van der Waals surface area contributed by atoms with Gasteiger partial charge in [0.05, 0.1) is 6.61 Å². The third-order valence-electron chi connectivity index (χ3n) is 2.95. The smallest absolute Gasteiger partial charge is 0.349 e. The average molecular weight is 311 g/mol. The molecule has 0 unspecified atom stereocenters. The Labute approximate surface area is 130 Å². The fourth-order valence-electron chi connectivity index (χ4n) is 1.62. The predicted octanol–water partition coefficient (Wildman–Crippen LogP) is 2.39. The normalized spacial score (nSPS) is 11.0. The molecular weight excluding hydrogens is 289 g/mol. The second-order valence-electron chi connectivity index (χ2n) is 5.59. The third kappa shape index (κ3) is 5.71. The van der Waals surface area contributed by atoms with Crippen LogP contribution in [0.15, 0.2) is 24.3 Å². The lowest BCUT2D eigenvalue weighted by Crippen LogP contribution is -2.40. The summed E-state index contributed by atoms with van der Waals surface area (Å²) in [4.78, 5) is 24.9. The van der Waals surface area contributed by atoms with Gasteiger partial charge in [0.15, 0.2) is 5.60 Å². The molecule has 1 aromatic carbocycles. The molecular formula is C16H22FNO4. The Bertz CT molecular complexity index is 511. The highest BCUT2D eigenvalue weighted by Crippen LogP contribution is 2.20. The number of nitrogens with zero attached hydrogens (tertiary/aromatic N) is 1. The van der Waals surface area contributed by atoms with Crippen molar-refractivity contribution in [3.63, 3.8) is 0 Å². The van der Waals surface area contributed by atoms with Crippen LogP contribution in [0.1, 0.15) is 26.7 Å². The molecule has 0 N–H and O–H groups in total. The zero-order valence-corrected chi connectivity index (χ0v) is 13.4. The van der Waals surface area contributed by atoms with Crippen molar-refractivity contribution in [1.82, 2.24) is 4.90 Å². The highest BCUT2D eigenvalue weighted by atomic mass is 19.1. The van der Waals surface area contributed by atoms with Crippen molar-refractivity contribution in [1.29, 1.82) is 0 Å². The summed E-state index contributed by atoms with van der Waals surface area (Å²) in [6.45, 7) is 3.29. The van der Waals surface area contributed by atoms with E-state index >= 15 is 0 Å². The van der Waals surface area contributed by atoms with E-state index in [2.05, 4.69) is 0 Å². The molecule has 5 nitrogen and oxygen atoms in total. The van der Waals surface area contributed by atoms with Gasteiger partial charge in [-0.25, -0.2) is 9.18 Å². The van der Waals surface area contributed by atoms with E-state index < -0.39 is 11.6 Å². The average Bonchev–Trinajstić information content (AvgIpc) is 2.45. The quantitative estimate of drug-likeness (QED) is 0.573. The summed E-state index contributed by atoms with van der Waals surface area (Å²) in [6, 6.07) is 5.40. The van der Waals surface area contributed by atoms with Gasteiger partial charge in [-0.05, 0) is 44.5 Å². The van der Waals surface area contributed by atoms with Crippen LogP contribution in [0.5, 0.6) is 5.75 Å². The number of benzene rings is 1. The van der Waals surface area contributed by atoms with Crippen molar-refractivity contribution in [2.24, 2.45) is 0 Å². The minimum Gasteiger partial charge on any atom is -0.476 e. The van der Waals surface area contributed by atoms with Crippen LogP contribution in [-0.4, -0.2) is 43.1 Å². The molecule has 0 saturated carbocycles. The van der Waals surface area contributed by atoms with Gasteiger partial charge in [0.2, 0.25) is 5.91 Å². The Balaban J connectivity index is 2.42. The zero-order valence-electron chi connectivity index (χ0n) is 13.4. The van der Waals surface area contributed by atoms with Gasteiger partial charge in [-0.15, -0.1) is 0 Å². The van der Waals surface area contributed by atoms with Gasteiger partial charge in [-0.2, -0.15) is 0 Å². The summed E-state index contributed by atoms with van der Waals surface area (Å²) in [5, 5.41) is 0. The van der Waals surface area contributed by atoms with Crippen LogP contribution in [0.3, 0.4) is 0 Å². The van der Waals surface area contributed by atoms with Crippen LogP contribution in [0.25, 0.3) is 0 Å². The van der Waals surface area contributed by atoms with E-state index in [1.54, 1.807) is 27.9 Å². The first kappa shape index (κ1) is 17.9. The molecule has 0 atom stereocenters. The van der Waals surface area contributed by atoms with E-state index in [4.69, 9.17) is 9.47 Å². The van der Waals surface area contributed by atoms with E-state index in [1.165, 1.54) is 29.2 Å². The van der Waals surface area contributed by atoms with E-state index in [0.29, 0.717) is 18.6 Å². The monoisotopic (exact) mass is 311 g/mol. The SMILES string of the molecule is CN(C)C(=O)CCCOC(=O)C(C)(C)Oc1ccc(F)cc1. The largest absolute Gasteiger partial charge is 0.476 e. The number of ether oxygens (including phenoxy) is 2. The number of carbonyl (C=O) groups is 2. The maximum Gasteiger partial charge on any atom is 0.349 e. The highest BCUT2D eigenvalue weighted by molar-refractivity contribution is 5.79. The van der Waals surface area contributed by atoms with Crippen molar-refractivity contribution >= 4 is 11.9 Å². The minimum absolute atomic E-state index is 0.0159. The minimum atomic E-state index is -1.19. The van der Waals surface area contributed by atoms with Crippen molar-refractivity contribution in [2.75, 3.05) is 20.7 Å². The topological polar surface area (TPSA) is 55.8 Å². The maximum atomic E-state index is 12.8. The first-order chi connectivity index (χ1) is 10.2. The first-order valence-electron chi connectivity index (χ1n) is 7.04. The molecule has 1 amide bonds. The second-order valence-corrected chi connectivity index (χ2v) is 5.59. The number of hydrogen-bond acceptors (Lipinski definition) is 4.